The lowest BCUT2D eigenvalue weighted by atomic mass is 9.94. The Morgan fingerprint density at radius 3 is 2.53 bits per heavy atom. The zero-order valence-electron chi connectivity index (χ0n) is 7.77. The van der Waals surface area contributed by atoms with Crippen LogP contribution in [0.25, 0.3) is 0 Å². The third-order valence-corrected chi connectivity index (χ3v) is 3.10. The molecule has 1 aliphatic rings. The van der Waals surface area contributed by atoms with Gasteiger partial charge >= 0.3 is 0 Å². The van der Waals surface area contributed by atoms with Gasteiger partial charge in [-0.2, -0.15) is 0 Å². The zero-order valence-corrected chi connectivity index (χ0v) is 10.2. The molecule has 1 aromatic rings. The second kappa shape index (κ2) is 4.92. The second-order valence-electron chi connectivity index (χ2n) is 3.32. The highest BCUT2D eigenvalue weighted by Gasteiger charge is 2.22. The SMILES string of the molecule is Cl.O=[N+]([O-])c1ccc(C2CNC2)c(Br)c1. The number of non-ortho nitro benzene ring substituents is 1. The summed E-state index contributed by atoms with van der Waals surface area (Å²) in [6.45, 7) is 1.91. The van der Waals surface area contributed by atoms with E-state index < -0.39 is 0 Å². The number of nitro benzene ring substituents is 1. The molecule has 1 heterocycles. The van der Waals surface area contributed by atoms with E-state index in [2.05, 4.69) is 21.2 Å². The van der Waals surface area contributed by atoms with Crippen LogP contribution in [0, 0.1) is 10.1 Å². The molecule has 2 rings (SSSR count). The minimum absolute atomic E-state index is 0. The lowest BCUT2D eigenvalue weighted by Crippen LogP contribution is -2.40. The van der Waals surface area contributed by atoms with Crippen LogP contribution in [0.2, 0.25) is 0 Å². The Bertz CT molecular complexity index is 382. The van der Waals surface area contributed by atoms with E-state index in [9.17, 15) is 10.1 Å². The number of rotatable bonds is 2. The van der Waals surface area contributed by atoms with Gasteiger partial charge in [-0.05, 0) is 5.56 Å². The first-order valence-corrected chi connectivity index (χ1v) is 5.12. The molecule has 0 bridgehead atoms. The van der Waals surface area contributed by atoms with E-state index in [0.717, 1.165) is 23.1 Å². The molecule has 1 N–H and O–H groups in total. The topological polar surface area (TPSA) is 55.2 Å². The van der Waals surface area contributed by atoms with Gasteiger partial charge in [-0.25, -0.2) is 0 Å². The molecule has 0 amide bonds. The van der Waals surface area contributed by atoms with Gasteiger partial charge in [0.25, 0.3) is 5.69 Å². The lowest BCUT2D eigenvalue weighted by Gasteiger charge is -2.28. The molecule has 1 aliphatic heterocycles. The maximum absolute atomic E-state index is 10.5. The summed E-state index contributed by atoms with van der Waals surface area (Å²) >= 11 is 3.36. The van der Waals surface area contributed by atoms with Gasteiger partial charge in [0.05, 0.1) is 4.92 Å². The number of hydrogen-bond donors (Lipinski definition) is 1. The van der Waals surface area contributed by atoms with Gasteiger partial charge in [0.15, 0.2) is 0 Å². The summed E-state index contributed by atoms with van der Waals surface area (Å²) < 4.78 is 0.832. The van der Waals surface area contributed by atoms with Gasteiger partial charge < -0.3 is 5.32 Å². The Labute approximate surface area is 102 Å². The van der Waals surface area contributed by atoms with Crippen molar-refractivity contribution < 1.29 is 4.92 Å². The van der Waals surface area contributed by atoms with Crippen LogP contribution in [0.5, 0.6) is 0 Å². The van der Waals surface area contributed by atoms with Crippen molar-refractivity contribution in [1.82, 2.24) is 5.32 Å². The fourth-order valence-corrected chi connectivity index (χ4v) is 2.16. The van der Waals surface area contributed by atoms with Gasteiger partial charge in [-0.3, -0.25) is 10.1 Å². The molecule has 4 nitrogen and oxygen atoms in total. The maximum Gasteiger partial charge on any atom is 0.270 e. The van der Waals surface area contributed by atoms with Gasteiger partial charge in [0.1, 0.15) is 0 Å². The summed E-state index contributed by atoms with van der Waals surface area (Å²) in [6, 6.07) is 4.94. The number of nitrogens with zero attached hydrogens (tertiary/aromatic N) is 1. The Morgan fingerprint density at radius 1 is 1.47 bits per heavy atom. The molecule has 0 atom stereocenters. The number of hydrogen-bond acceptors (Lipinski definition) is 3. The minimum Gasteiger partial charge on any atom is -0.315 e. The van der Waals surface area contributed by atoms with E-state index in [1.54, 1.807) is 12.1 Å². The fraction of sp³-hybridized carbons (Fsp3) is 0.333. The summed E-state index contributed by atoms with van der Waals surface area (Å²) in [5.41, 5.74) is 1.28. The molecule has 15 heavy (non-hydrogen) atoms. The van der Waals surface area contributed by atoms with Crippen LogP contribution in [0.1, 0.15) is 11.5 Å². The average molecular weight is 294 g/mol. The van der Waals surface area contributed by atoms with Crippen LogP contribution < -0.4 is 5.32 Å². The highest BCUT2D eigenvalue weighted by Crippen LogP contribution is 2.30. The number of benzene rings is 1. The number of halogens is 2. The zero-order chi connectivity index (χ0) is 10.1. The van der Waals surface area contributed by atoms with Crippen LogP contribution in [-0.2, 0) is 0 Å². The molecule has 1 fully saturated rings. The van der Waals surface area contributed by atoms with Crippen LogP contribution in [0.3, 0.4) is 0 Å². The van der Waals surface area contributed by atoms with Crippen molar-refractivity contribution in [3.05, 3.63) is 38.3 Å². The Morgan fingerprint density at radius 2 is 2.13 bits per heavy atom. The van der Waals surface area contributed by atoms with Gasteiger partial charge in [-0.15, -0.1) is 12.4 Å². The van der Waals surface area contributed by atoms with E-state index in [0.29, 0.717) is 5.92 Å². The lowest BCUT2D eigenvalue weighted by molar-refractivity contribution is -0.384. The molecule has 0 unspecified atom stereocenters. The largest absolute Gasteiger partial charge is 0.315 e. The Balaban J connectivity index is 0.00000112. The van der Waals surface area contributed by atoms with Gasteiger partial charge in [-0.1, -0.05) is 22.0 Å². The molecule has 0 saturated carbocycles. The number of nitro groups is 1. The van der Waals surface area contributed by atoms with E-state index in [1.165, 1.54) is 0 Å². The summed E-state index contributed by atoms with van der Waals surface area (Å²) in [5.74, 6) is 0.491. The first-order chi connectivity index (χ1) is 6.68. The second-order valence-corrected chi connectivity index (χ2v) is 4.17. The molecule has 1 saturated heterocycles. The molecule has 82 valence electrons. The quantitative estimate of drug-likeness (QED) is 0.673. The van der Waals surface area contributed by atoms with E-state index in [1.807, 2.05) is 6.07 Å². The number of nitrogens with one attached hydrogen (secondary N) is 1. The highest BCUT2D eigenvalue weighted by atomic mass is 79.9. The summed E-state index contributed by atoms with van der Waals surface area (Å²) in [6.07, 6.45) is 0. The van der Waals surface area contributed by atoms with Crippen molar-refractivity contribution in [2.24, 2.45) is 0 Å². The predicted octanol–water partition coefficient (Wildman–Crippen LogP) is 2.47. The van der Waals surface area contributed by atoms with Crippen molar-refractivity contribution in [1.29, 1.82) is 0 Å². The Hall–Kier alpha value is -0.650. The Kier molecular flexibility index (Phi) is 4.07. The normalized spacial score (nSPS) is 15.3. The first-order valence-electron chi connectivity index (χ1n) is 4.33. The van der Waals surface area contributed by atoms with Crippen molar-refractivity contribution >= 4 is 34.0 Å². The van der Waals surface area contributed by atoms with E-state index in [4.69, 9.17) is 0 Å². The minimum atomic E-state index is -0.381. The molecular formula is C9H10BrClN2O2. The highest BCUT2D eigenvalue weighted by molar-refractivity contribution is 9.10. The van der Waals surface area contributed by atoms with E-state index in [-0.39, 0.29) is 23.0 Å². The standard InChI is InChI=1S/C9H9BrN2O2.ClH/c10-9-3-7(12(13)14)1-2-8(9)6-4-11-5-6;/h1-3,6,11H,4-5H2;1H. The monoisotopic (exact) mass is 292 g/mol. The van der Waals surface area contributed by atoms with Gasteiger partial charge in [0.2, 0.25) is 0 Å². The van der Waals surface area contributed by atoms with Crippen molar-refractivity contribution in [3.8, 4) is 0 Å². The van der Waals surface area contributed by atoms with Crippen LogP contribution in [0.15, 0.2) is 22.7 Å². The third kappa shape index (κ3) is 2.48. The summed E-state index contributed by atoms with van der Waals surface area (Å²) in [4.78, 5) is 10.1. The van der Waals surface area contributed by atoms with Crippen LogP contribution in [-0.4, -0.2) is 18.0 Å². The van der Waals surface area contributed by atoms with Gasteiger partial charge in [0, 0.05) is 35.6 Å². The average Bonchev–Trinajstić information content (AvgIpc) is 2.04. The van der Waals surface area contributed by atoms with Crippen LogP contribution in [0.4, 0.5) is 5.69 Å². The van der Waals surface area contributed by atoms with E-state index >= 15 is 0 Å². The first kappa shape index (κ1) is 12.4. The molecule has 6 heteroatoms. The summed E-state index contributed by atoms with van der Waals surface area (Å²) in [7, 11) is 0. The smallest absolute Gasteiger partial charge is 0.270 e. The molecular weight excluding hydrogens is 283 g/mol. The molecule has 1 aromatic carbocycles. The maximum atomic E-state index is 10.5. The molecule has 0 aliphatic carbocycles. The fourth-order valence-electron chi connectivity index (χ4n) is 1.47. The summed E-state index contributed by atoms with van der Waals surface area (Å²) in [5, 5.41) is 13.7. The van der Waals surface area contributed by atoms with Crippen molar-refractivity contribution in [3.63, 3.8) is 0 Å². The van der Waals surface area contributed by atoms with Crippen molar-refractivity contribution in [2.75, 3.05) is 13.1 Å². The van der Waals surface area contributed by atoms with Crippen LogP contribution >= 0.6 is 28.3 Å². The molecule has 0 radical (unpaired) electrons. The van der Waals surface area contributed by atoms with Crippen molar-refractivity contribution in [2.45, 2.75) is 5.92 Å². The third-order valence-electron chi connectivity index (χ3n) is 2.42. The molecule has 0 spiro atoms. The molecule has 0 aromatic heterocycles. The predicted molar refractivity (Wildman–Crippen MR) is 63.7 cm³/mol.